The molecular formula is C14H19N3. The third kappa shape index (κ3) is 3.43. The lowest BCUT2D eigenvalue weighted by molar-refractivity contribution is 0.596. The van der Waals surface area contributed by atoms with Gasteiger partial charge in [-0.2, -0.15) is 0 Å². The summed E-state index contributed by atoms with van der Waals surface area (Å²) in [5.74, 6) is 0. The minimum atomic E-state index is 0.933. The molecule has 0 atom stereocenters. The van der Waals surface area contributed by atoms with Crippen LogP contribution < -0.4 is 5.32 Å². The van der Waals surface area contributed by atoms with E-state index in [9.17, 15) is 0 Å². The van der Waals surface area contributed by atoms with E-state index in [0.29, 0.717) is 0 Å². The minimum absolute atomic E-state index is 0.933. The average Bonchev–Trinajstić information content (AvgIpc) is 2.82. The zero-order chi connectivity index (χ0) is 12.1. The van der Waals surface area contributed by atoms with E-state index in [1.807, 2.05) is 18.7 Å². The highest BCUT2D eigenvalue weighted by atomic mass is 15.0. The molecular weight excluding hydrogens is 210 g/mol. The fourth-order valence-electron chi connectivity index (χ4n) is 1.84. The average molecular weight is 229 g/mol. The van der Waals surface area contributed by atoms with Crippen LogP contribution in [0.3, 0.4) is 0 Å². The van der Waals surface area contributed by atoms with Crippen molar-refractivity contribution in [1.82, 2.24) is 14.9 Å². The molecule has 3 nitrogen and oxygen atoms in total. The van der Waals surface area contributed by atoms with Crippen LogP contribution in [-0.4, -0.2) is 16.1 Å². The molecule has 0 saturated heterocycles. The lowest BCUT2D eigenvalue weighted by Crippen LogP contribution is -2.19. The number of benzene rings is 1. The van der Waals surface area contributed by atoms with Crippen molar-refractivity contribution in [3.05, 3.63) is 53.6 Å². The maximum atomic E-state index is 4.02. The highest BCUT2D eigenvalue weighted by molar-refractivity contribution is 5.30. The molecule has 17 heavy (non-hydrogen) atoms. The van der Waals surface area contributed by atoms with Crippen molar-refractivity contribution in [2.24, 2.45) is 0 Å². The summed E-state index contributed by atoms with van der Waals surface area (Å²) in [5, 5.41) is 3.46. The van der Waals surface area contributed by atoms with Crippen LogP contribution in [-0.2, 0) is 13.1 Å². The summed E-state index contributed by atoms with van der Waals surface area (Å²) in [7, 11) is 0. The van der Waals surface area contributed by atoms with Gasteiger partial charge in [-0.25, -0.2) is 4.98 Å². The quantitative estimate of drug-likeness (QED) is 0.797. The molecule has 1 heterocycles. The third-order valence-electron chi connectivity index (χ3n) is 2.93. The van der Waals surface area contributed by atoms with Crippen molar-refractivity contribution in [2.75, 3.05) is 6.54 Å². The fraction of sp³-hybridized carbons (Fsp3) is 0.357. The summed E-state index contributed by atoms with van der Waals surface area (Å²) in [6.45, 7) is 7.15. The first-order valence-electron chi connectivity index (χ1n) is 5.98. The summed E-state index contributed by atoms with van der Waals surface area (Å²) >= 11 is 0. The molecule has 0 aliphatic heterocycles. The summed E-state index contributed by atoms with van der Waals surface area (Å²) in [5.41, 5.74) is 4.06. The smallest absolute Gasteiger partial charge is 0.0946 e. The van der Waals surface area contributed by atoms with E-state index < -0.39 is 0 Å². The van der Waals surface area contributed by atoms with Crippen LogP contribution in [0.4, 0.5) is 0 Å². The van der Waals surface area contributed by atoms with Crippen LogP contribution in [0.5, 0.6) is 0 Å². The molecule has 1 aromatic heterocycles. The van der Waals surface area contributed by atoms with Gasteiger partial charge in [0.25, 0.3) is 0 Å². The van der Waals surface area contributed by atoms with Crippen molar-refractivity contribution in [1.29, 1.82) is 0 Å². The van der Waals surface area contributed by atoms with Gasteiger partial charge in [-0.05, 0) is 25.0 Å². The Hall–Kier alpha value is -1.61. The van der Waals surface area contributed by atoms with Crippen molar-refractivity contribution in [3.8, 4) is 0 Å². The molecule has 0 unspecified atom stereocenters. The molecule has 1 aromatic carbocycles. The number of aryl methyl sites for hydroxylation is 2. The number of nitrogens with one attached hydrogen (secondary N) is 1. The van der Waals surface area contributed by atoms with E-state index in [2.05, 4.69) is 46.9 Å². The number of imidazole rings is 1. The van der Waals surface area contributed by atoms with Gasteiger partial charge in [0.2, 0.25) is 0 Å². The number of nitrogens with zero attached hydrogens (tertiary/aromatic N) is 2. The van der Waals surface area contributed by atoms with Crippen LogP contribution in [0.1, 0.15) is 16.7 Å². The van der Waals surface area contributed by atoms with Gasteiger partial charge in [0, 0.05) is 32.0 Å². The summed E-state index contributed by atoms with van der Waals surface area (Å²) in [6, 6.07) is 6.59. The van der Waals surface area contributed by atoms with E-state index in [1.54, 1.807) is 0 Å². The van der Waals surface area contributed by atoms with E-state index in [-0.39, 0.29) is 0 Å². The molecule has 2 aromatic rings. The van der Waals surface area contributed by atoms with Crippen LogP contribution in [0.2, 0.25) is 0 Å². The monoisotopic (exact) mass is 229 g/mol. The Morgan fingerprint density at radius 3 is 2.94 bits per heavy atom. The molecule has 0 radical (unpaired) electrons. The molecule has 1 N–H and O–H groups in total. The topological polar surface area (TPSA) is 29.9 Å². The van der Waals surface area contributed by atoms with Gasteiger partial charge in [0.05, 0.1) is 6.33 Å². The maximum absolute atomic E-state index is 4.02. The Morgan fingerprint density at radius 1 is 1.29 bits per heavy atom. The number of rotatable bonds is 5. The zero-order valence-electron chi connectivity index (χ0n) is 10.5. The van der Waals surface area contributed by atoms with E-state index >= 15 is 0 Å². The SMILES string of the molecule is Cc1ccc(C)c(CNCCn2ccnc2)c1. The van der Waals surface area contributed by atoms with Crippen LogP contribution in [0, 0.1) is 13.8 Å². The van der Waals surface area contributed by atoms with Gasteiger partial charge < -0.3 is 9.88 Å². The van der Waals surface area contributed by atoms with Crippen LogP contribution in [0.25, 0.3) is 0 Å². The van der Waals surface area contributed by atoms with Crippen molar-refractivity contribution in [3.63, 3.8) is 0 Å². The summed E-state index contributed by atoms with van der Waals surface area (Å²) < 4.78 is 2.08. The van der Waals surface area contributed by atoms with Crippen molar-refractivity contribution < 1.29 is 0 Å². The molecule has 0 saturated carbocycles. The second-order valence-corrected chi connectivity index (χ2v) is 4.41. The molecule has 0 aliphatic carbocycles. The van der Waals surface area contributed by atoms with Gasteiger partial charge in [-0.3, -0.25) is 0 Å². The van der Waals surface area contributed by atoms with Gasteiger partial charge in [-0.1, -0.05) is 23.8 Å². The zero-order valence-corrected chi connectivity index (χ0v) is 10.5. The Balaban J connectivity index is 1.80. The standard InChI is InChI=1S/C14H19N3/c1-12-3-4-13(2)14(9-12)10-15-5-7-17-8-6-16-11-17/h3-4,6,8-9,11,15H,5,7,10H2,1-2H3. The molecule has 0 spiro atoms. The molecule has 0 fully saturated rings. The molecule has 0 amide bonds. The Labute approximate surface area is 103 Å². The van der Waals surface area contributed by atoms with Gasteiger partial charge in [-0.15, -0.1) is 0 Å². The number of aromatic nitrogens is 2. The first-order valence-corrected chi connectivity index (χ1v) is 5.98. The predicted octanol–water partition coefficient (Wildman–Crippen LogP) is 2.29. The van der Waals surface area contributed by atoms with Crippen LogP contribution in [0.15, 0.2) is 36.9 Å². The first-order chi connectivity index (χ1) is 8.25. The lowest BCUT2D eigenvalue weighted by Gasteiger charge is -2.09. The Morgan fingerprint density at radius 2 is 2.18 bits per heavy atom. The predicted molar refractivity (Wildman–Crippen MR) is 69.8 cm³/mol. The first kappa shape index (κ1) is 11.9. The van der Waals surface area contributed by atoms with Crippen molar-refractivity contribution in [2.45, 2.75) is 26.9 Å². The Bertz CT molecular complexity index is 460. The fourth-order valence-corrected chi connectivity index (χ4v) is 1.84. The normalized spacial score (nSPS) is 10.7. The van der Waals surface area contributed by atoms with Gasteiger partial charge in [0.15, 0.2) is 0 Å². The summed E-state index contributed by atoms with van der Waals surface area (Å²) in [4.78, 5) is 4.02. The van der Waals surface area contributed by atoms with E-state index in [0.717, 1.165) is 19.6 Å². The number of hydrogen-bond acceptors (Lipinski definition) is 2. The molecule has 3 heteroatoms. The maximum Gasteiger partial charge on any atom is 0.0946 e. The number of hydrogen-bond donors (Lipinski definition) is 1. The molecule has 0 aliphatic rings. The summed E-state index contributed by atoms with van der Waals surface area (Å²) in [6.07, 6.45) is 5.64. The second kappa shape index (κ2) is 5.64. The van der Waals surface area contributed by atoms with E-state index in [1.165, 1.54) is 16.7 Å². The van der Waals surface area contributed by atoms with Crippen molar-refractivity contribution >= 4 is 0 Å². The van der Waals surface area contributed by atoms with Crippen LogP contribution >= 0.6 is 0 Å². The van der Waals surface area contributed by atoms with E-state index in [4.69, 9.17) is 0 Å². The highest BCUT2D eigenvalue weighted by Crippen LogP contribution is 2.09. The minimum Gasteiger partial charge on any atom is -0.336 e. The largest absolute Gasteiger partial charge is 0.336 e. The highest BCUT2D eigenvalue weighted by Gasteiger charge is 1.98. The molecule has 2 rings (SSSR count). The molecule has 0 bridgehead atoms. The van der Waals surface area contributed by atoms with Gasteiger partial charge in [0.1, 0.15) is 0 Å². The molecule has 90 valence electrons. The van der Waals surface area contributed by atoms with Gasteiger partial charge >= 0.3 is 0 Å². The lowest BCUT2D eigenvalue weighted by atomic mass is 10.1. The Kier molecular flexibility index (Phi) is 3.94. The third-order valence-corrected chi connectivity index (χ3v) is 2.93. The second-order valence-electron chi connectivity index (χ2n) is 4.41.